The SMILES string of the molecule is CCCCCC(=O)[O-].CCCCCC(=O)[O-].CCCCCC(=O)[O-].CCCCCC(=O)[O-].C[CH2][V+4]. The van der Waals surface area contributed by atoms with Gasteiger partial charge in [0.05, 0.1) is 0 Å². The minimum atomic E-state index is -0.932. The molecule has 0 aromatic heterocycles. The van der Waals surface area contributed by atoms with E-state index < -0.39 is 23.9 Å². The Balaban J connectivity index is -0.000000110. The van der Waals surface area contributed by atoms with Crippen LogP contribution in [0.25, 0.3) is 0 Å². The Bertz CT molecular complexity index is 377. The monoisotopic (exact) mass is 540 g/mol. The molecular formula is C26H49O8V. The first-order valence-corrected chi connectivity index (χ1v) is 13.9. The molecule has 0 amide bonds. The predicted molar refractivity (Wildman–Crippen MR) is 127 cm³/mol. The van der Waals surface area contributed by atoms with Gasteiger partial charge in [0.1, 0.15) is 0 Å². The van der Waals surface area contributed by atoms with Crippen LogP contribution in [-0.2, 0) is 36.6 Å². The molecule has 0 saturated carbocycles. The van der Waals surface area contributed by atoms with Crippen LogP contribution in [-0.4, -0.2) is 23.9 Å². The zero-order chi connectivity index (χ0) is 28.3. The fourth-order valence-electron chi connectivity index (χ4n) is 2.08. The summed E-state index contributed by atoms with van der Waals surface area (Å²) in [4.78, 5) is 39.1. The molecule has 0 aromatic carbocycles. The topological polar surface area (TPSA) is 161 Å². The molecule has 0 atom stereocenters. The van der Waals surface area contributed by atoms with Crippen LogP contribution in [0, 0.1) is 0 Å². The van der Waals surface area contributed by atoms with Gasteiger partial charge in [0.2, 0.25) is 0 Å². The van der Waals surface area contributed by atoms with Gasteiger partial charge in [-0.3, -0.25) is 0 Å². The number of carbonyl (C=O) groups excluding carboxylic acids is 4. The summed E-state index contributed by atoms with van der Waals surface area (Å²) in [6.45, 7) is 10.2. The number of unbranched alkanes of at least 4 members (excludes halogenated alkanes) is 8. The predicted octanol–water partition coefficient (Wildman–Crippen LogP) is 2.24. The van der Waals surface area contributed by atoms with Crippen molar-refractivity contribution in [1.82, 2.24) is 0 Å². The van der Waals surface area contributed by atoms with Gasteiger partial charge in [0.25, 0.3) is 0 Å². The summed E-state index contributed by atoms with van der Waals surface area (Å²) < 4.78 is 0. The van der Waals surface area contributed by atoms with Crippen molar-refractivity contribution in [2.75, 3.05) is 0 Å². The first kappa shape index (κ1) is 43.5. The van der Waals surface area contributed by atoms with Crippen LogP contribution >= 0.6 is 0 Å². The van der Waals surface area contributed by atoms with Gasteiger partial charge in [-0.2, -0.15) is 0 Å². The fourth-order valence-corrected chi connectivity index (χ4v) is 2.08. The molecule has 0 fully saturated rings. The normalized spacial score (nSPS) is 8.89. The molecule has 206 valence electrons. The van der Waals surface area contributed by atoms with E-state index in [1.807, 2.05) is 27.7 Å². The Kier molecular flexibility index (Phi) is 53.0. The van der Waals surface area contributed by atoms with Gasteiger partial charge in [-0.25, -0.2) is 0 Å². The molecule has 0 aliphatic carbocycles. The molecule has 0 unspecified atom stereocenters. The van der Waals surface area contributed by atoms with Gasteiger partial charge in [-0.1, -0.05) is 79.1 Å². The maximum atomic E-state index is 9.76. The molecule has 0 bridgehead atoms. The third-order valence-electron chi connectivity index (χ3n) is 3.94. The molecule has 0 aliphatic heterocycles. The van der Waals surface area contributed by atoms with Crippen LogP contribution in [0.5, 0.6) is 0 Å². The van der Waals surface area contributed by atoms with Crippen LogP contribution in [0.2, 0.25) is 5.13 Å². The van der Waals surface area contributed by atoms with E-state index in [1.165, 1.54) is 5.13 Å². The summed E-state index contributed by atoms with van der Waals surface area (Å²) in [5.41, 5.74) is 0. The average molecular weight is 541 g/mol. The molecular weight excluding hydrogens is 491 g/mol. The molecule has 8 nitrogen and oxygen atoms in total. The Morgan fingerprint density at radius 2 is 0.571 bits per heavy atom. The van der Waals surface area contributed by atoms with Crippen molar-refractivity contribution in [3.8, 4) is 0 Å². The summed E-state index contributed by atoms with van der Waals surface area (Å²) in [6.07, 6.45) is 12.1. The van der Waals surface area contributed by atoms with Crippen LogP contribution in [0.15, 0.2) is 0 Å². The molecule has 35 heavy (non-hydrogen) atoms. The molecule has 0 aliphatic rings. The number of hydrogen-bond acceptors (Lipinski definition) is 8. The van der Waals surface area contributed by atoms with E-state index in [2.05, 4.69) is 24.3 Å². The molecule has 0 heterocycles. The maximum absolute atomic E-state index is 9.76. The van der Waals surface area contributed by atoms with E-state index in [0.717, 1.165) is 77.0 Å². The van der Waals surface area contributed by atoms with Gasteiger partial charge in [-0.05, 0) is 51.4 Å². The molecule has 0 saturated heterocycles. The van der Waals surface area contributed by atoms with Crippen molar-refractivity contribution in [2.24, 2.45) is 0 Å². The third kappa shape index (κ3) is 88.4. The average Bonchev–Trinajstić information content (AvgIpc) is 2.76. The van der Waals surface area contributed by atoms with Crippen LogP contribution < -0.4 is 20.4 Å². The van der Waals surface area contributed by atoms with E-state index in [0.29, 0.717) is 0 Å². The first-order chi connectivity index (χ1) is 16.5. The minimum absolute atomic E-state index is 0.216. The number of carboxylic acid groups (broad SMARTS) is 4. The molecule has 0 N–H and O–H groups in total. The summed E-state index contributed by atoms with van der Waals surface area (Å²) in [7, 11) is 0. The molecule has 0 aromatic rings. The van der Waals surface area contributed by atoms with Crippen molar-refractivity contribution >= 4 is 23.9 Å². The first-order valence-electron chi connectivity index (χ1n) is 12.9. The van der Waals surface area contributed by atoms with Gasteiger partial charge < -0.3 is 39.6 Å². The zero-order valence-electron chi connectivity index (χ0n) is 22.7. The standard InChI is InChI=1S/4C6H12O2.C2H5.V/c4*1-2-3-4-5-6(7)8;1-2;/h4*2-5H2,1H3,(H,7,8);1H2,2H3;/q;;;;;+4/p-4. The van der Waals surface area contributed by atoms with Gasteiger partial charge in [0.15, 0.2) is 0 Å². The summed E-state index contributed by atoms with van der Waals surface area (Å²) in [6, 6.07) is 0. The molecule has 0 spiro atoms. The second kappa shape index (κ2) is 42.6. The Morgan fingerprint density at radius 3 is 0.657 bits per heavy atom. The summed E-state index contributed by atoms with van der Waals surface area (Å²) in [5, 5.41) is 40.2. The van der Waals surface area contributed by atoms with Gasteiger partial charge in [0, 0.05) is 23.9 Å². The molecule has 9 heteroatoms. The van der Waals surface area contributed by atoms with Crippen molar-refractivity contribution < 1.29 is 57.0 Å². The fraction of sp³-hybridized carbons (Fsp3) is 0.846. The van der Waals surface area contributed by atoms with Crippen molar-refractivity contribution in [3.05, 3.63) is 0 Å². The van der Waals surface area contributed by atoms with E-state index >= 15 is 0 Å². The number of aliphatic carboxylic acids is 4. The van der Waals surface area contributed by atoms with Crippen LogP contribution in [0.3, 0.4) is 0 Å². The van der Waals surface area contributed by atoms with Crippen LogP contribution in [0.1, 0.15) is 137 Å². The van der Waals surface area contributed by atoms with Crippen molar-refractivity contribution in [2.45, 2.75) is 142 Å². The molecule has 0 rings (SSSR count). The Morgan fingerprint density at radius 1 is 0.429 bits per heavy atom. The quantitative estimate of drug-likeness (QED) is 0.269. The van der Waals surface area contributed by atoms with E-state index in [4.69, 9.17) is 0 Å². The summed E-state index contributed by atoms with van der Waals surface area (Å²) in [5.74, 6) is -3.73. The summed E-state index contributed by atoms with van der Waals surface area (Å²) >= 11 is 2.47. The van der Waals surface area contributed by atoms with Crippen LogP contribution in [0.4, 0.5) is 0 Å². The number of carbonyl (C=O) groups is 4. The van der Waals surface area contributed by atoms with Crippen molar-refractivity contribution in [1.29, 1.82) is 0 Å². The van der Waals surface area contributed by atoms with Gasteiger partial charge in [-0.15, -0.1) is 0 Å². The third-order valence-corrected chi connectivity index (χ3v) is 3.94. The number of carboxylic acids is 4. The van der Waals surface area contributed by atoms with E-state index in [9.17, 15) is 39.6 Å². The number of rotatable bonds is 16. The second-order valence-corrected chi connectivity index (χ2v) is 8.62. The Hall–Kier alpha value is -1.54. The van der Waals surface area contributed by atoms with Crippen molar-refractivity contribution in [3.63, 3.8) is 0 Å². The van der Waals surface area contributed by atoms with Gasteiger partial charge >= 0.3 is 29.5 Å². The number of hydrogen-bond donors (Lipinski definition) is 0. The van der Waals surface area contributed by atoms with E-state index in [-0.39, 0.29) is 25.7 Å². The molecule has 0 radical (unpaired) electrons. The Labute approximate surface area is 223 Å². The second-order valence-electron chi connectivity index (χ2n) is 7.63. The van der Waals surface area contributed by atoms with E-state index in [1.54, 1.807) is 0 Å². The zero-order valence-corrected chi connectivity index (χ0v) is 24.1.